The summed E-state index contributed by atoms with van der Waals surface area (Å²) >= 11 is 0. The van der Waals surface area contributed by atoms with E-state index in [1.165, 1.54) is 25.3 Å². The number of methoxy groups -OCH3 is 1. The van der Waals surface area contributed by atoms with E-state index < -0.39 is 0 Å². The molecule has 28 heavy (non-hydrogen) atoms. The number of benzene rings is 1. The minimum absolute atomic E-state index is 0.0166. The van der Waals surface area contributed by atoms with Crippen molar-refractivity contribution in [1.29, 1.82) is 0 Å². The van der Waals surface area contributed by atoms with Crippen LogP contribution in [-0.2, 0) is 9.53 Å². The van der Waals surface area contributed by atoms with Crippen LogP contribution in [0.3, 0.4) is 0 Å². The number of ether oxygens (including phenoxy) is 2. The van der Waals surface area contributed by atoms with Crippen molar-refractivity contribution in [2.24, 2.45) is 17.3 Å². The minimum Gasteiger partial charge on any atom is -0.497 e. The quantitative estimate of drug-likeness (QED) is 0.351. The maximum Gasteiger partial charge on any atom is 0.331 e. The molecule has 0 heterocycles. The van der Waals surface area contributed by atoms with E-state index >= 15 is 0 Å². The standard InChI is InChI=1S/C25H38O3/c1-6-8-22(15-16-23-19(2)9-7-18-25(23,3)4)28-24(26)17-12-20-10-13-21(27-5)14-11-20/h10-14,17,19,22-23H,6-9,15-16,18H2,1-5H3/b17-12+/t19-,22?,23+/m0/s1. The lowest BCUT2D eigenvalue weighted by Crippen LogP contribution is -2.34. The van der Waals surface area contributed by atoms with E-state index in [0.29, 0.717) is 11.3 Å². The van der Waals surface area contributed by atoms with Gasteiger partial charge < -0.3 is 9.47 Å². The van der Waals surface area contributed by atoms with Gasteiger partial charge in [-0.05, 0) is 66.7 Å². The van der Waals surface area contributed by atoms with E-state index in [-0.39, 0.29) is 12.1 Å². The third kappa shape index (κ3) is 6.68. The SMILES string of the molecule is CCCC(CC[C@@H]1[C@@H](C)CCCC1(C)C)OC(=O)/C=C/c1ccc(OC)cc1. The van der Waals surface area contributed by atoms with Crippen LogP contribution in [0.25, 0.3) is 6.08 Å². The Balaban J connectivity index is 1.90. The van der Waals surface area contributed by atoms with Gasteiger partial charge in [0, 0.05) is 6.08 Å². The predicted molar refractivity (Wildman–Crippen MR) is 116 cm³/mol. The number of esters is 1. The predicted octanol–water partition coefficient (Wildman–Crippen LogP) is 6.66. The fourth-order valence-electron chi connectivity index (χ4n) is 4.74. The average Bonchev–Trinajstić information content (AvgIpc) is 2.66. The van der Waals surface area contributed by atoms with Crippen molar-refractivity contribution in [3.63, 3.8) is 0 Å². The van der Waals surface area contributed by atoms with Crippen LogP contribution in [0, 0.1) is 17.3 Å². The Morgan fingerprint density at radius 3 is 2.57 bits per heavy atom. The second kappa shape index (κ2) is 10.7. The molecule has 0 N–H and O–H groups in total. The zero-order valence-corrected chi connectivity index (χ0v) is 18.4. The summed E-state index contributed by atoms with van der Waals surface area (Å²) in [6.07, 6.45) is 11.4. The van der Waals surface area contributed by atoms with Gasteiger partial charge in [0.1, 0.15) is 11.9 Å². The van der Waals surface area contributed by atoms with Gasteiger partial charge in [-0.1, -0.05) is 59.1 Å². The molecule has 1 unspecified atom stereocenters. The van der Waals surface area contributed by atoms with Gasteiger partial charge in [-0.3, -0.25) is 0 Å². The molecule has 3 atom stereocenters. The van der Waals surface area contributed by atoms with Crippen LogP contribution >= 0.6 is 0 Å². The van der Waals surface area contributed by atoms with Gasteiger partial charge >= 0.3 is 5.97 Å². The van der Waals surface area contributed by atoms with E-state index in [1.54, 1.807) is 13.2 Å². The third-order valence-electron chi connectivity index (χ3n) is 6.39. The molecule has 1 aliphatic carbocycles. The molecule has 156 valence electrons. The van der Waals surface area contributed by atoms with Crippen LogP contribution in [0.4, 0.5) is 0 Å². The van der Waals surface area contributed by atoms with Crippen molar-refractivity contribution in [3.8, 4) is 5.75 Å². The van der Waals surface area contributed by atoms with Gasteiger partial charge in [0.2, 0.25) is 0 Å². The molecule has 0 spiro atoms. The summed E-state index contributed by atoms with van der Waals surface area (Å²) in [7, 11) is 1.64. The first-order chi connectivity index (χ1) is 13.4. The summed E-state index contributed by atoms with van der Waals surface area (Å²) in [5.41, 5.74) is 1.36. The van der Waals surface area contributed by atoms with Crippen molar-refractivity contribution >= 4 is 12.0 Å². The fourth-order valence-corrected chi connectivity index (χ4v) is 4.74. The molecule has 0 radical (unpaired) electrons. The Labute approximate surface area is 171 Å². The van der Waals surface area contributed by atoms with Crippen molar-refractivity contribution in [2.75, 3.05) is 7.11 Å². The molecule has 3 nitrogen and oxygen atoms in total. The lowest BCUT2D eigenvalue weighted by molar-refractivity contribution is -0.143. The summed E-state index contributed by atoms with van der Waals surface area (Å²) in [5, 5.41) is 0. The highest BCUT2D eigenvalue weighted by molar-refractivity contribution is 5.87. The van der Waals surface area contributed by atoms with Crippen LogP contribution in [-0.4, -0.2) is 19.2 Å². The van der Waals surface area contributed by atoms with E-state index in [2.05, 4.69) is 27.7 Å². The highest BCUT2D eigenvalue weighted by Crippen LogP contribution is 2.46. The molecule has 0 aromatic heterocycles. The second-order valence-electron chi connectivity index (χ2n) is 9.00. The second-order valence-corrected chi connectivity index (χ2v) is 9.00. The smallest absolute Gasteiger partial charge is 0.331 e. The third-order valence-corrected chi connectivity index (χ3v) is 6.39. The van der Waals surface area contributed by atoms with Crippen molar-refractivity contribution in [3.05, 3.63) is 35.9 Å². The monoisotopic (exact) mass is 386 g/mol. The Bertz CT molecular complexity index is 630. The van der Waals surface area contributed by atoms with E-state index in [1.807, 2.05) is 24.3 Å². The van der Waals surface area contributed by atoms with Crippen molar-refractivity contribution in [1.82, 2.24) is 0 Å². The van der Waals surface area contributed by atoms with Gasteiger partial charge in [0.25, 0.3) is 0 Å². The number of carbonyl (C=O) groups is 1. The van der Waals surface area contributed by atoms with Crippen LogP contribution in [0.1, 0.15) is 78.2 Å². The van der Waals surface area contributed by atoms with Gasteiger partial charge in [-0.2, -0.15) is 0 Å². The maximum atomic E-state index is 12.3. The lowest BCUT2D eigenvalue weighted by Gasteiger charge is -2.43. The number of hydrogen-bond donors (Lipinski definition) is 0. The number of rotatable bonds is 9. The molecule has 1 saturated carbocycles. The Kier molecular flexibility index (Phi) is 8.59. The Morgan fingerprint density at radius 1 is 1.25 bits per heavy atom. The lowest BCUT2D eigenvalue weighted by atomic mass is 9.62. The molecule has 0 aliphatic heterocycles. The fraction of sp³-hybridized carbons (Fsp3) is 0.640. The highest BCUT2D eigenvalue weighted by Gasteiger charge is 2.36. The van der Waals surface area contributed by atoms with E-state index in [4.69, 9.17) is 9.47 Å². The van der Waals surface area contributed by atoms with Gasteiger partial charge in [0.15, 0.2) is 0 Å². The van der Waals surface area contributed by atoms with E-state index in [0.717, 1.165) is 42.9 Å². The molecule has 0 amide bonds. The first kappa shape index (κ1) is 22.5. The number of carbonyl (C=O) groups excluding carboxylic acids is 1. The number of hydrogen-bond acceptors (Lipinski definition) is 3. The highest BCUT2D eigenvalue weighted by atomic mass is 16.5. The van der Waals surface area contributed by atoms with Crippen molar-refractivity contribution in [2.45, 2.75) is 78.7 Å². The summed E-state index contributed by atoms with van der Waals surface area (Å²) in [5.74, 6) is 2.04. The molecule has 0 bridgehead atoms. The summed E-state index contributed by atoms with van der Waals surface area (Å²) in [4.78, 5) is 12.3. The first-order valence-electron chi connectivity index (χ1n) is 10.9. The molecular formula is C25H38O3. The van der Waals surface area contributed by atoms with E-state index in [9.17, 15) is 4.79 Å². The molecule has 2 rings (SSSR count). The molecule has 0 saturated heterocycles. The van der Waals surface area contributed by atoms with Crippen molar-refractivity contribution < 1.29 is 14.3 Å². The largest absolute Gasteiger partial charge is 0.497 e. The summed E-state index contributed by atoms with van der Waals surface area (Å²) in [6.45, 7) is 9.36. The Hall–Kier alpha value is -1.77. The first-order valence-corrected chi connectivity index (χ1v) is 10.9. The molecule has 3 heteroatoms. The van der Waals surface area contributed by atoms with Crippen LogP contribution < -0.4 is 4.74 Å². The van der Waals surface area contributed by atoms with Gasteiger partial charge in [-0.25, -0.2) is 4.79 Å². The van der Waals surface area contributed by atoms with Crippen LogP contribution in [0.5, 0.6) is 5.75 Å². The minimum atomic E-state index is -0.245. The molecular weight excluding hydrogens is 348 g/mol. The molecule has 1 fully saturated rings. The topological polar surface area (TPSA) is 35.5 Å². The Morgan fingerprint density at radius 2 is 1.96 bits per heavy atom. The van der Waals surface area contributed by atoms with Crippen LogP contribution in [0.15, 0.2) is 30.3 Å². The average molecular weight is 387 g/mol. The normalized spacial score (nSPS) is 22.8. The summed E-state index contributed by atoms with van der Waals surface area (Å²) < 4.78 is 11.0. The zero-order valence-electron chi connectivity index (χ0n) is 18.4. The van der Waals surface area contributed by atoms with Gasteiger partial charge in [-0.15, -0.1) is 0 Å². The molecule has 1 aromatic rings. The summed E-state index contributed by atoms with van der Waals surface area (Å²) in [6, 6.07) is 7.63. The molecule has 1 aliphatic rings. The zero-order chi connectivity index (χ0) is 20.6. The van der Waals surface area contributed by atoms with Crippen LogP contribution in [0.2, 0.25) is 0 Å². The molecule has 1 aromatic carbocycles. The maximum absolute atomic E-state index is 12.3. The van der Waals surface area contributed by atoms with Gasteiger partial charge in [0.05, 0.1) is 7.11 Å².